The molecule has 0 radical (unpaired) electrons. The Balaban J connectivity index is 1.66. The standard InChI is InChI=1S/C15H19N3O2/c16-9-12-1-3-13(4-2-12)10-17-11-15(19)18-14-5-7-20-8-6-14/h1-4,14,17H,5-8,10-11H2,(H,18,19). The lowest BCUT2D eigenvalue weighted by molar-refractivity contribution is -0.121. The van der Waals surface area contributed by atoms with Gasteiger partial charge < -0.3 is 15.4 Å². The minimum Gasteiger partial charge on any atom is -0.381 e. The van der Waals surface area contributed by atoms with E-state index in [9.17, 15) is 4.79 Å². The number of nitriles is 1. The molecule has 1 fully saturated rings. The summed E-state index contributed by atoms with van der Waals surface area (Å²) < 4.78 is 5.25. The third-order valence-electron chi connectivity index (χ3n) is 3.28. The molecule has 1 amide bonds. The third-order valence-corrected chi connectivity index (χ3v) is 3.28. The van der Waals surface area contributed by atoms with Crippen LogP contribution in [0.4, 0.5) is 0 Å². The molecule has 1 saturated heterocycles. The highest BCUT2D eigenvalue weighted by Gasteiger charge is 2.15. The monoisotopic (exact) mass is 273 g/mol. The van der Waals surface area contributed by atoms with Crippen molar-refractivity contribution in [1.29, 1.82) is 5.26 Å². The molecule has 20 heavy (non-hydrogen) atoms. The maximum Gasteiger partial charge on any atom is 0.234 e. The summed E-state index contributed by atoms with van der Waals surface area (Å²) in [5, 5.41) is 14.8. The predicted octanol–water partition coefficient (Wildman–Crippen LogP) is 0.943. The molecule has 0 unspecified atom stereocenters. The highest BCUT2D eigenvalue weighted by molar-refractivity contribution is 5.78. The first kappa shape index (κ1) is 14.5. The molecule has 2 rings (SSSR count). The summed E-state index contributed by atoms with van der Waals surface area (Å²) in [5.74, 6) is 0.0190. The van der Waals surface area contributed by atoms with Crippen LogP contribution in [0.3, 0.4) is 0 Å². The van der Waals surface area contributed by atoms with Crippen LogP contribution in [0.1, 0.15) is 24.0 Å². The molecule has 5 heteroatoms. The van der Waals surface area contributed by atoms with Gasteiger partial charge in [0.15, 0.2) is 0 Å². The molecule has 1 aromatic rings. The Labute approximate surface area is 118 Å². The van der Waals surface area contributed by atoms with Crippen LogP contribution in [0.15, 0.2) is 24.3 Å². The number of ether oxygens (including phenoxy) is 1. The van der Waals surface area contributed by atoms with Gasteiger partial charge in [0.1, 0.15) is 0 Å². The lowest BCUT2D eigenvalue weighted by atomic mass is 10.1. The zero-order valence-corrected chi connectivity index (χ0v) is 11.4. The van der Waals surface area contributed by atoms with Crippen LogP contribution in [-0.2, 0) is 16.1 Å². The van der Waals surface area contributed by atoms with Crippen LogP contribution in [-0.4, -0.2) is 31.7 Å². The SMILES string of the molecule is N#Cc1ccc(CNCC(=O)NC2CCOCC2)cc1. The van der Waals surface area contributed by atoms with Gasteiger partial charge in [0, 0.05) is 25.8 Å². The normalized spacial score (nSPS) is 15.6. The Kier molecular flexibility index (Phi) is 5.54. The number of hydrogen-bond donors (Lipinski definition) is 2. The molecular formula is C15H19N3O2. The molecule has 0 spiro atoms. The van der Waals surface area contributed by atoms with Gasteiger partial charge in [0.25, 0.3) is 0 Å². The molecule has 0 aliphatic carbocycles. The van der Waals surface area contributed by atoms with Crippen LogP contribution in [0.25, 0.3) is 0 Å². The molecule has 1 aliphatic heterocycles. The molecule has 1 aliphatic rings. The predicted molar refractivity (Wildman–Crippen MR) is 74.8 cm³/mol. The summed E-state index contributed by atoms with van der Waals surface area (Å²) in [5.41, 5.74) is 1.70. The van der Waals surface area contributed by atoms with E-state index in [-0.39, 0.29) is 11.9 Å². The number of amides is 1. The topological polar surface area (TPSA) is 74.2 Å². The number of nitrogens with zero attached hydrogens (tertiary/aromatic N) is 1. The van der Waals surface area contributed by atoms with Gasteiger partial charge in [-0.25, -0.2) is 0 Å². The van der Waals surface area contributed by atoms with Gasteiger partial charge in [-0.3, -0.25) is 4.79 Å². The second kappa shape index (κ2) is 7.63. The second-order valence-corrected chi connectivity index (χ2v) is 4.87. The largest absolute Gasteiger partial charge is 0.381 e. The second-order valence-electron chi connectivity index (χ2n) is 4.87. The zero-order chi connectivity index (χ0) is 14.2. The first-order chi connectivity index (χ1) is 9.78. The smallest absolute Gasteiger partial charge is 0.234 e. The fourth-order valence-corrected chi connectivity index (χ4v) is 2.14. The van der Waals surface area contributed by atoms with E-state index < -0.39 is 0 Å². The van der Waals surface area contributed by atoms with Crippen LogP contribution in [0.2, 0.25) is 0 Å². The minimum absolute atomic E-state index is 0.0190. The van der Waals surface area contributed by atoms with Gasteiger partial charge in [-0.2, -0.15) is 5.26 Å². The Morgan fingerprint density at radius 2 is 2.00 bits per heavy atom. The maximum absolute atomic E-state index is 11.7. The van der Waals surface area contributed by atoms with Crippen molar-refractivity contribution in [3.05, 3.63) is 35.4 Å². The van der Waals surface area contributed by atoms with Crippen molar-refractivity contribution in [3.63, 3.8) is 0 Å². The summed E-state index contributed by atoms with van der Waals surface area (Å²) in [6, 6.07) is 9.66. The van der Waals surface area contributed by atoms with Crippen LogP contribution >= 0.6 is 0 Å². The van der Waals surface area contributed by atoms with E-state index in [1.807, 2.05) is 12.1 Å². The maximum atomic E-state index is 11.7. The van der Waals surface area contributed by atoms with Crippen LogP contribution in [0, 0.1) is 11.3 Å². The van der Waals surface area contributed by atoms with E-state index in [2.05, 4.69) is 16.7 Å². The average molecular weight is 273 g/mol. The average Bonchev–Trinajstić information content (AvgIpc) is 2.49. The van der Waals surface area contributed by atoms with Gasteiger partial charge in [-0.05, 0) is 30.5 Å². The fraction of sp³-hybridized carbons (Fsp3) is 0.467. The highest BCUT2D eigenvalue weighted by atomic mass is 16.5. The Morgan fingerprint density at radius 1 is 1.30 bits per heavy atom. The summed E-state index contributed by atoms with van der Waals surface area (Å²) in [4.78, 5) is 11.7. The molecule has 2 N–H and O–H groups in total. The Hall–Kier alpha value is -1.90. The zero-order valence-electron chi connectivity index (χ0n) is 11.4. The molecule has 0 bridgehead atoms. The van der Waals surface area contributed by atoms with Crippen LogP contribution < -0.4 is 10.6 Å². The molecule has 0 saturated carbocycles. The minimum atomic E-state index is 0.0190. The van der Waals surface area contributed by atoms with E-state index in [0.29, 0.717) is 18.7 Å². The summed E-state index contributed by atoms with van der Waals surface area (Å²) in [6.07, 6.45) is 1.78. The van der Waals surface area contributed by atoms with Gasteiger partial charge in [0.2, 0.25) is 5.91 Å². The number of rotatable bonds is 5. The van der Waals surface area contributed by atoms with Gasteiger partial charge >= 0.3 is 0 Å². The van der Waals surface area contributed by atoms with Crippen LogP contribution in [0.5, 0.6) is 0 Å². The van der Waals surface area contributed by atoms with Gasteiger partial charge in [0.05, 0.1) is 18.2 Å². The van der Waals surface area contributed by atoms with Crippen molar-refractivity contribution in [2.75, 3.05) is 19.8 Å². The van der Waals surface area contributed by atoms with Crippen molar-refractivity contribution in [1.82, 2.24) is 10.6 Å². The number of carbonyl (C=O) groups excluding carboxylic acids is 1. The van der Waals surface area contributed by atoms with E-state index in [0.717, 1.165) is 31.6 Å². The summed E-state index contributed by atoms with van der Waals surface area (Å²) >= 11 is 0. The first-order valence-corrected chi connectivity index (χ1v) is 6.85. The lowest BCUT2D eigenvalue weighted by Crippen LogP contribution is -2.42. The number of hydrogen-bond acceptors (Lipinski definition) is 4. The van der Waals surface area contributed by atoms with E-state index in [1.54, 1.807) is 12.1 Å². The van der Waals surface area contributed by atoms with Gasteiger partial charge in [-0.1, -0.05) is 12.1 Å². The molecule has 1 aromatic carbocycles. The van der Waals surface area contributed by atoms with Crippen molar-refractivity contribution in [2.24, 2.45) is 0 Å². The molecule has 1 heterocycles. The van der Waals surface area contributed by atoms with Gasteiger partial charge in [-0.15, -0.1) is 0 Å². The Bertz CT molecular complexity index is 473. The van der Waals surface area contributed by atoms with E-state index in [4.69, 9.17) is 10.00 Å². The Morgan fingerprint density at radius 3 is 2.65 bits per heavy atom. The van der Waals surface area contributed by atoms with Crippen molar-refractivity contribution < 1.29 is 9.53 Å². The van der Waals surface area contributed by atoms with Crippen molar-refractivity contribution in [2.45, 2.75) is 25.4 Å². The fourth-order valence-electron chi connectivity index (χ4n) is 2.14. The molecule has 5 nitrogen and oxygen atoms in total. The van der Waals surface area contributed by atoms with Crippen molar-refractivity contribution >= 4 is 5.91 Å². The lowest BCUT2D eigenvalue weighted by Gasteiger charge is -2.23. The highest BCUT2D eigenvalue weighted by Crippen LogP contribution is 2.06. The number of benzene rings is 1. The first-order valence-electron chi connectivity index (χ1n) is 6.85. The molecule has 0 aromatic heterocycles. The van der Waals surface area contributed by atoms with E-state index >= 15 is 0 Å². The quantitative estimate of drug-likeness (QED) is 0.837. The van der Waals surface area contributed by atoms with E-state index in [1.165, 1.54) is 0 Å². The molecular weight excluding hydrogens is 254 g/mol. The number of carbonyl (C=O) groups is 1. The van der Waals surface area contributed by atoms with Crippen molar-refractivity contribution in [3.8, 4) is 6.07 Å². The molecule has 0 atom stereocenters. The third kappa shape index (κ3) is 4.65. The molecule has 106 valence electrons. The number of nitrogens with one attached hydrogen (secondary N) is 2. The summed E-state index contributed by atoms with van der Waals surface area (Å²) in [7, 11) is 0. The summed E-state index contributed by atoms with van der Waals surface area (Å²) in [6.45, 7) is 2.37.